The first kappa shape index (κ1) is 11.3. The number of rotatable bonds is 5. The monoisotopic (exact) mass is 229 g/mol. The molecule has 0 spiro atoms. The van der Waals surface area contributed by atoms with Crippen LogP contribution in [0.4, 0.5) is 0 Å². The van der Waals surface area contributed by atoms with Crippen LogP contribution >= 0.6 is 0 Å². The molecule has 1 aromatic rings. The van der Waals surface area contributed by atoms with E-state index in [0.717, 1.165) is 0 Å². The molecular weight excluding hydrogens is 206 g/mol. The van der Waals surface area contributed by atoms with Gasteiger partial charge in [0.2, 0.25) is 0 Å². The minimum Gasteiger partial charge on any atom is -0.313 e. The second-order valence-corrected chi connectivity index (χ2v) is 6.00. The maximum atomic E-state index is 3.82. The molecule has 0 heterocycles. The molecule has 2 aliphatic carbocycles. The van der Waals surface area contributed by atoms with Crippen molar-refractivity contribution in [2.75, 3.05) is 6.54 Å². The first-order valence-corrected chi connectivity index (χ1v) is 7.11. The number of hydrogen-bond donors (Lipinski definition) is 1. The van der Waals surface area contributed by atoms with Crippen molar-refractivity contribution in [1.82, 2.24) is 5.32 Å². The first-order valence-electron chi connectivity index (χ1n) is 7.11. The van der Waals surface area contributed by atoms with Crippen LogP contribution in [-0.4, -0.2) is 12.6 Å². The third-order valence-electron chi connectivity index (χ3n) is 4.55. The molecule has 0 amide bonds. The van der Waals surface area contributed by atoms with Crippen molar-refractivity contribution >= 4 is 0 Å². The van der Waals surface area contributed by atoms with E-state index in [0.29, 0.717) is 11.5 Å². The molecule has 0 saturated heterocycles. The summed E-state index contributed by atoms with van der Waals surface area (Å²) in [7, 11) is 0. The zero-order valence-electron chi connectivity index (χ0n) is 10.8. The maximum Gasteiger partial charge on any atom is 0.0148 e. The fourth-order valence-electron chi connectivity index (χ4n) is 3.29. The van der Waals surface area contributed by atoms with Crippen molar-refractivity contribution in [3.8, 4) is 0 Å². The maximum absolute atomic E-state index is 3.82. The molecule has 3 rings (SSSR count). The highest BCUT2D eigenvalue weighted by atomic mass is 14.9. The molecule has 0 atom stereocenters. The molecule has 1 aromatic carbocycles. The van der Waals surface area contributed by atoms with Gasteiger partial charge >= 0.3 is 0 Å². The summed E-state index contributed by atoms with van der Waals surface area (Å²) in [6.07, 6.45) is 8.13. The average Bonchev–Trinajstić information content (AvgIpc) is 2.98. The van der Waals surface area contributed by atoms with E-state index in [2.05, 4.69) is 36.5 Å². The lowest BCUT2D eigenvalue weighted by atomic mass is 10.00. The smallest absolute Gasteiger partial charge is 0.0148 e. The Bertz CT molecular complexity index is 367. The lowest BCUT2D eigenvalue weighted by Crippen LogP contribution is -2.34. The minimum absolute atomic E-state index is 0.684. The largest absolute Gasteiger partial charge is 0.313 e. The van der Waals surface area contributed by atoms with Gasteiger partial charge in [-0.25, -0.2) is 0 Å². The Morgan fingerprint density at radius 1 is 1.18 bits per heavy atom. The SMILES string of the molecule is CCCC1(CNC2Cc3ccccc3C2)CC1. The predicted molar refractivity (Wildman–Crippen MR) is 72.2 cm³/mol. The average molecular weight is 229 g/mol. The Morgan fingerprint density at radius 3 is 2.35 bits per heavy atom. The lowest BCUT2D eigenvalue weighted by molar-refractivity contribution is 0.389. The van der Waals surface area contributed by atoms with Gasteiger partial charge in [0.1, 0.15) is 0 Å². The van der Waals surface area contributed by atoms with Crippen LogP contribution in [0.5, 0.6) is 0 Å². The molecule has 2 aliphatic rings. The van der Waals surface area contributed by atoms with Gasteiger partial charge < -0.3 is 5.32 Å². The van der Waals surface area contributed by atoms with Crippen molar-refractivity contribution < 1.29 is 0 Å². The van der Waals surface area contributed by atoms with Crippen molar-refractivity contribution in [2.45, 2.75) is 51.5 Å². The highest BCUT2D eigenvalue weighted by Gasteiger charge is 2.41. The van der Waals surface area contributed by atoms with Crippen LogP contribution in [0.3, 0.4) is 0 Å². The van der Waals surface area contributed by atoms with E-state index < -0.39 is 0 Å². The van der Waals surface area contributed by atoms with Gasteiger partial charge in [-0.3, -0.25) is 0 Å². The van der Waals surface area contributed by atoms with E-state index in [1.165, 1.54) is 45.1 Å². The lowest BCUT2D eigenvalue weighted by Gasteiger charge is -2.18. The summed E-state index contributed by atoms with van der Waals surface area (Å²) in [6.45, 7) is 3.56. The van der Waals surface area contributed by atoms with Crippen molar-refractivity contribution in [3.63, 3.8) is 0 Å². The molecular formula is C16H23N. The van der Waals surface area contributed by atoms with Gasteiger partial charge in [-0.2, -0.15) is 0 Å². The summed E-state index contributed by atoms with van der Waals surface area (Å²) in [6, 6.07) is 9.61. The molecule has 0 unspecified atom stereocenters. The summed E-state index contributed by atoms with van der Waals surface area (Å²) >= 11 is 0. The van der Waals surface area contributed by atoms with E-state index >= 15 is 0 Å². The molecule has 1 heteroatoms. The Hall–Kier alpha value is -0.820. The van der Waals surface area contributed by atoms with E-state index in [4.69, 9.17) is 0 Å². The van der Waals surface area contributed by atoms with E-state index in [9.17, 15) is 0 Å². The summed E-state index contributed by atoms with van der Waals surface area (Å²) in [5.74, 6) is 0. The van der Waals surface area contributed by atoms with Gasteiger partial charge in [0.25, 0.3) is 0 Å². The second kappa shape index (κ2) is 4.45. The molecule has 0 bridgehead atoms. The second-order valence-electron chi connectivity index (χ2n) is 6.00. The highest BCUT2D eigenvalue weighted by Crippen LogP contribution is 2.49. The van der Waals surface area contributed by atoms with Gasteiger partial charge in [-0.05, 0) is 48.6 Å². The van der Waals surface area contributed by atoms with Gasteiger partial charge in [0.15, 0.2) is 0 Å². The van der Waals surface area contributed by atoms with Crippen LogP contribution < -0.4 is 5.32 Å². The molecule has 0 aromatic heterocycles. The van der Waals surface area contributed by atoms with Crippen LogP contribution in [0, 0.1) is 5.41 Å². The number of benzene rings is 1. The van der Waals surface area contributed by atoms with E-state index in [1.807, 2.05) is 0 Å². The molecule has 1 fully saturated rings. The molecule has 1 nitrogen and oxygen atoms in total. The van der Waals surface area contributed by atoms with E-state index in [1.54, 1.807) is 11.1 Å². The standard InChI is InChI=1S/C16H23N/c1-2-7-16(8-9-16)12-17-15-10-13-5-3-4-6-14(13)11-15/h3-6,15,17H,2,7-12H2,1H3. The topological polar surface area (TPSA) is 12.0 Å². The van der Waals surface area contributed by atoms with Crippen molar-refractivity contribution in [2.24, 2.45) is 5.41 Å². The summed E-state index contributed by atoms with van der Waals surface area (Å²) < 4.78 is 0. The number of nitrogens with one attached hydrogen (secondary N) is 1. The Kier molecular flexibility index (Phi) is 2.96. The third kappa shape index (κ3) is 2.40. The Morgan fingerprint density at radius 2 is 1.82 bits per heavy atom. The molecule has 0 aliphatic heterocycles. The van der Waals surface area contributed by atoms with Gasteiger partial charge in [0.05, 0.1) is 0 Å². The molecule has 1 saturated carbocycles. The molecule has 1 N–H and O–H groups in total. The summed E-state index contributed by atoms with van der Waals surface area (Å²) in [5, 5.41) is 3.82. The zero-order chi connectivity index (χ0) is 11.7. The third-order valence-corrected chi connectivity index (χ3v) is 4.55. The number of hydrogen-bond acceptors (Lipinski definition) is 1. The van der Waals surface area contributed by atoms with Gasteiger partial charge in [0, 0.05) is 12.6 Å². The van der Waals surface area contributed by atoms with Crippen molar-refractivity contribution in [3.05, 3.63) is 35.4 Å². The Labute approximate surface area is 105 Å². The van der Waals surface area contributed by atoms with Crippen LogP contribution in [0.2, 0.25) is 0 Å². The molecule has 17 heavy (non-hydrogen) atoms. The fourth-order valence-corrected chi connectivity index (χ4v) is 3.29. The van der Waals surface area contributed by atoms with Crippen molar-refractivity contribution in [1.29, 1.82) is 0 Å². The van der Waals surface area contributed by atoms with Crippen LogP contribution in [0.15, 0.2) is 24.3 Å². The highest BCUT2D eigenvalue weighted by molar-refractivity contribution is 5.33. The van der Waals surface area contributed by atoms with Gasteiger partial charge in [-0.1, -0.05) is 37.6 Å². The normalized spacial score (nSPS) is 21.5. The summed E-state index contributed by atoms with van der Waals surface area (Å²) in [4.78, 5) is 0. The minimum atomic E-state index is 0.684. The van der Waals surface area contributed by atoms with Gasteiger partial charge in [-0.15, -0.1) is 0 Å². The quantitative estimate of drug-likeness (QED) is 0.816. The molecule has 92 valence electrons. The molecule has 0 radical (unpaired) electrons. The van der Waals surface area contributed by atoms with Crippen LogP contribution in [0.1, 0.15) is 43.7 Å². The Balaban J connectivity index is 1.53. The first-order chi connectivity index (χ1) is 8.31. The summed E-state index contributed by atoms with van der Waals surface area (Å²) in [5.41, 5.74) is 3.81. The number of fused-ring (bicyclic) bond motifs is 1. The zero-order valence-corrected chi connectivity index (χ0v) is 10.8. The van der Waals surface area contributed by atoms with Crippen LogP contribution in [-0.2, 0) is 12.8 Å². The van der Waals surface area contributed by atoms with Crippen LogP contribution in [0.25, 0.3) is 0 Å². The predicted octanol–water partition coefficient (Wildman–Crippen LogP) is 3.32. The van der Waals surface area contributed by atoms with E-state index in [-0.39, 0.29) is 0 Å². The fraction of sp³-hybridized carbons (Fsp3) is 0.625.